The molecule has 0 unspecified atom stereocenters. The molecule has 8 nitrogen and oxygen atoms in total. The molecule has 0 aliphatic carbocycles. The van der Waals surface area contributed by atoms with Crippen LogP contribution in [0.3, 0.4) is 0 Å². The topological polar surface area (TPSA) is 98.9 Å². The van der Waals surface area contributed by atoms with Gasteiger partial charge in [-0.3, -0.25) is 19.0 Å². The number of carbonyl (C=O) groups excluding carboxylic acids is 1. The summed E-state index contributed by atoms with van der Waals surface area (Å²) in [6.07, 6.45) is 2.92. The van der Waals surface area contributed by atoms with Crippen LogP contribution in [0, 0.1) is 13.8 Å². The third kappa shape index (κ3) is 3.87. The van der Waals surface area contributed by atoms with E-state index in [0.717, 1.165) is 4.68 Å². The minimum atomic E-state index is -0.339. The van der Waals surface area contributed by atoms with Gasteiger partial charge in [-0.25, -0.2) is 9.67 Å². The predicted molar refractivity (Wildman–Crippen MR) is 79.5 cm³/mol. The van der Waals surface area contributed by atoms with Crippen LogP contribution in [0.5, 0.6) is 0 Å². The second-order valence-corrected chi connectivity index (χ2v) is 4.90. The largest absolute Gasteiger partial charge is 0.353 e. The van der Waals surface area contributed by atoms with E-state index in [2.05, 4.69) is 15.4 Å². The first-order valence-corrected chi connectivity index (χ1v) is 6.80. The molecule has 1 N–H and O–H groups in total. The van der Waals surface area contributed by atoms with E-state index in [0.29, 0.717) is 17.8 Å². The summed E-state index contributed by atoms with van der Waals surface area (Å²) in [5, 5.41) is 6.63. The van der Waals surface area contributed by atoms with Gasteiger partial charge in [-0.2, -0.15) is 5.10 Å². The molecule has 0 radical (unpaired) electrons. The number of amides is 1. The van der Waals surface area contributed by atoms with E-state index in [1.807, 2.05) is 0 Å². The third-order valence-electron chi connectivity index (χ3n) is 3.04. The molecule has 0 aliphatic rings. The number of carbonyl (C=O) groups is 1. The summed E-state index contributed by atoms with van der Waals surface area (Å²) in [6, 6.07) is 2.96. The van der Waals surface area contributed by atoms with Gasteiger partial charge >= 0.3 is 0 Å². The highest BCUT2D eigenvalue weighted by atomic mass is 16.2. The van der Waals surface area contributed by atoms with Gasteiger partial charge in [0.15, 0.2) is 0 Å². The van der Waals surface area contributed by atoms with E-state index in [9.17, 15) is 14.4 Å². The zero-order valence-electron chi connectivity index (χ0n) is 12.4. The van der Waals surface area contributed by atoms with Crippen molar-refractivity contribution in [3.63, 3.8) is 0 Å². The average molecular weight is 303 g/mol. The molecule has 8 heteroatoms. The lowest BCUT2D eigenvalue weighted by molar-refractivity contribution is -0.121. The Morgan fingerprint density at radius 3 is 2.82 bits per heavy atom. The van der Waals surface area contributed by atoms with Crippen molar-refractivity contribution in [1.29, 1.82) is 0 Å². The van der Waals surface area contributed by atoms with Crippen LogP contribution in [0.4, 0.5) is 0 Å². The van der Waals surface area contributed by atoms with Crippen molar-refractivity contribution in [2.75, 3.05) is 6.54 Å². The lowest BCUT2D eigenvalue weighted by Gasteiger charge is -2.08. The van der Waals surface area contributed by atoms with Crippen molar-refractivity contribution in [3.8, 4) is 0 Å². The van der Waals surface area contributed by atoms with Crippen LogP contribution >= 0.6 is 0 Å². The van der Waals surface area contributed by atoms with Gasteiger partial charge in [0.05, 0.1) is 12.0 Å². The van der Waals surface area contributed by atoms with Crippen LogP contribution in [0.2, 0.25) is 0 Å². The summed E-state index contributed by atoms with van der Waals surface area (Å²) in [5.41, 5.74) is 0.731. The lowest BCUT2D eigenvalue weighted by Crippen LogP contribution is -2.36. The van der Waals surface area contributed by atoms with E-state index in [-0.39, 0.29) is 30.1 Å². The normalized spacial score (nSPS) is 10.5. The quantitative estimate of drug-likeness (QED) is 0.782. The zero-order valence-corrected chi connectivity index (χ0v) is 12.4. The fourth-order valence-electron chi connectivity index (χ4n) is 1.89. The predicted octanol–water partition coefficient (Wildman–Crippen LogP) is -0.767. The number of hydrogen-bond acceptors (Lipinski definition) is 5. The summed E-state index contributed by atoms with van der Waals surface area (Å²) in [6.45, 7) is 3.85. The molecule has 0 aromatic carbocycles. The van der Waals surface area contributed by atoms with Gasteiger partial charge in [0, 0.05) is 30.9 Å². The summed E-state index contributed by atoms with van der Waals surface area (Å²) in [5.74, 6) is -0.339. The molecule has 2 aromatic heterocycles. The van der Waals surface area contributed by atoms with Gasteiger partial charge < -0.3 is 5.32 Å². The van der Waals surface area contributed by atoms with Gasteiger partial charge in [0.2, 0.25) is 5.91 Å². The Bertz CT molecular complexity index is 794. The SMILES string of the molecule is Cc1ccc(=O)n(CC(=O)NCCn2cncc(C)c2=O)n1. The van der Waals surface area contributed by atoms with Crippen LogP contribution in [0.25, 0.3) is 0 Å². The lowest BCUT2D eigenvalue weighted by atomic mass is 10.4. The highest BCUT2D eigenvalue weighted by Gasteiger charge is 2.06. The van der Waals surface area contributed by atoms with Gasteiger partial charge in [0.1, 0.15) is 6.54 Å². The van der Waals surface area contributed by atoms with Crippen LogP contribution in [0.1, 0.15) is 11.3 Å². The smallest absolute Gasteiger partial charge is 0.267 e. The van der Waals surface area contributed by atoms with Crippen molar-refractivity contribution < 1.29 is 4.79 Å². The number of nitrogens with zero attached hydrogens (tertiary/aromatic N) is 4. The maximum Gasteiger partial charge on any atom is 0.267 e. The first-order valence-electron chi connectivity index (χ1n) is 6.80. The van der Waals surface area contributed by atoms with Crippen LogP contribution in [0.15, 0.2) is 34.2 Å². The fourth-order valence-corrected chi connectivity index (χ4v) is 1.89. The second-order valence-electron chi connectivity index (χ2n) is 4.90. The van der Waals surface area contributed by atoms with E-state index in [1.54, 1.807) is 19.9 Å². The molecule has 0 saturated heterocycles. The Morgan fingerprint density at radius 2 is 2.05 bits per heavy atom. The van der Waals surface area contributed by atoms with Crippen molar-refractivity contribution in [2.45, 2.75) is 26.9 Å². The highest BCUT2D eigenvalue weighted by Crippen LogP contribution is 1.87. The summed E-state index contributed by atoms with van der Waals surface area (Å²) < 4.78 is 2.53. The second kappa shape index (κ2) is 6.79. The standard InChI is InChI=1S/C14H17N5O3/c1-10-7-15-9-18(14(10)22)6-5-16-12(20)8-19-13(21)4-3-11(2)17-19/h3-4,7,9H,5-6,8H2,1-2H3,(H,16,20). The summed E-state index contributed by atoms with van der Waals surface area (Å²) in [7, 11) is 0. The fraction of sp³-hybridized carbons (Fsp3) is 0.357. The maximum atomic E-state index is 11.8. The number of rotatable bonds is 5. The van der Waals surface area contributed by atoms with Crippen molar-refractivity contribution in [2.24, 2.45) is 0 Å². The van der Waals surface area contributed by atoms with Gasteiger partial charge in [-0.15, -0.1) is 0 Å². The summed E-state index contributed by atoms with van der Waals surface area (Å²) in [4.78, 5) is 39.1. The van der Waals surface area contributed by atoms with Crippen molar-refractivity contribution >= 4 is 5.91 Å². The Hall–Kier alpha value is -2.77. The molecule has 0 fully saturated rings. The number of aromatic nitrogens is 4. The Labute approximate surface area is 126 Å². The molecule has 1 amide bonds. The molecular weight excluding hydrogens is 286 g/mol. The summed E-state index contributed by atoms with van der Waals surface area (Å²) >= 11 is 0. The molecule has 2 heterocycles. The number of hydrogen-bond donors (Lipinski definition) is 1. The molecule has 0 aliphatic heterocycles. The van der Waals surface area contributed by atoms with Crippen LogP contribution in [-0.2, 0) is 17.9 Å². The van der Waals surface area contributed by atoms with Gasteiger partial charge in [0.25, 0.3) is 11.1 Å². The number of aryl methyl sites for hydroxylation is 2. The van der Waals surface area contributed by atoms with E-state index in [4.69, 9.17) is 0 Å². The molecular formula is C14H17N5O3. The molecule has 2 rings (SSSR count). The maximum absolute atomic E-state index is 11.8. The molecule has 116 valence electrons. The van der Waals surface area contributed by atoms with Crippen molar-refractivity contribution in [3.05, 3.63) is 56.6 Å². The van der Waals surface area contributed by atoms with Crippen LogP contribution in [-0.4, -0.2) is 31.8 Å². The Kier molecular flexibility index (Phi) is 4.82. The van der Waals surface area contributed by atoms with Gasteiger partial charge in [-0.1, -0.05) is 0 Å². The van der Waals surface area contributed by atoms with E-state index in [1.165, 1.54) is 23.2 Å². The molecule has 0 saturated carbocycles. The minimum absolute atomic E-state index is 0.138. The zero-order chi connectivity index (χ0) is 16.1. The average Bonchev–Trinajstić information content (AvgIpc) is 2.47. The Morgan fingerprint density at radius 1 is 1.27 bits per heavy atom. The molecule has 0 bridgehead atoms. The molecule has 22 heavy (non-hydrogen) atoms. The monoisotopic (exact) mass is 303 g/mol. The number of nitrogens with one attached hydrogen (secondary N) is 1. The van der Waals surface area contributed by atoms with Crippen molar-refractivity contribution in [1.82, 2.24) is 24.6 Å². The first kappa shape index (κ1) is 15.6. The van der Waals surface area contributed by atoms with E-state index >= 15 is 0 Å². The highest BCUT2D eigenvalue weighted by molar-refractivity contribution is 5.75. The first-order chi connectivity index (χ1) is 10.5. The minimum Gasteiger partial charge on any atom is -0.353 e. The molecule has 0 atom stereocenters. The third-order valence-corrected chi connectivity index (χ3v) is 3.04. The van der Waals surface area contributed by atoms with Crippen LogP contribution < -0.4 is 16.4 Å². The molecule has 2 aromatic rings. The Balaban J connectivity index is 1.91. The molecule has 0 spiro atoms. The van der Waals surface area contributed by atoms with Gasteiger partial charge in [-0.05, 0) is 19.9 Å². The van der Waals surface area contributed by atoms with E-state index < -0.39 is 0 Å².